The molecule has 0 aliphatic rings. The van der Waals surface area contributed by atoms with Crippen LogP contribution < -0.4 is 5.32 Å². The number of nitro benzene ring substituents is 1. The number of halogens is 1. The Balaban J connectivity index is 2.22. The molecule has 164 valence electrons. The summed E-state index contributed by atoms with van der Waals surface area (Å²) in [6.07, 6.45) is 5.32. The van der Waals surface area contributed by atoms with E-state index >= 15 is 0 Å². The number of benzene rings is 2. The number of ketones is 1. The van der Waals surface area contributed by atoms with Gasteiger partial charge >= 0.3 is 0 Å². The zero-order chi connectivity index (χ0) is 23.3. The molecule has 0 aliphatic carbocycles. The lowest BCUT2D eigenvalue weighted by molar-refractivity contribution is -0.384. The molecule has 0 fully saturated rings. The van der Waals surface area contributed by atoms with Gasteiger partial charge in [0.2, 0.25) is 0 Å². The predicted octanol–water partition coefficient (Wildman–Crippen LogP) is 2.84. The van der Waals surface area contributed by atoms with Crippen molar-refractivity contribution in [2.24, 2.45) is 0 Å². The summed E-state index contributed by atoms with van der Waals surface area (Å²) in [5.41, 5.74) is 0.564. The smallest absolute Gasteiger partial charge is 0.270 e. The molecule has 0 spiro atoms. The average Bonchev–Trinajstić information content (AvgIpc) is 3.14. The summed E-state index contributed by atoms with van der Waals surface area (Å²) in [6, 6.07) is 10.7. The van der Waals surface area contributed by atoms with Gasteiger partial charge in [-0.15, -0.1) is 16.6 Å². The van der Waals surface area contributed by atoms with E-state index in [0.29, 0.717) is 37.0 Å². The third-order valence-corrected chi connectivity index (χ3v) is 4.89. The highest BCUT2D eigenvalue weighted by Crippen LogP contribution is 2.28. The maximum atomic E-state index is 13.4. The minimum atomic E-state index is -0.546. The van der Waals surface area contributed by atoms with E-state index in [4.69, 9.17) is 18.0 Å². The number of carbonyl (C=O) groups is 1. The molecule has 0 radical (unpaired) electrons. The number of nitro groups is 1. The highest BCUT2D eigenvalue weighted by Gasteiger charge is 2.24. The molecule has 9 nitrogen and oxygen atoms in total. The lowest BCUT2D eigenvalue weighted by atomic mass is 10.0. The number of terminal acetylenes is 1. The van der Waals surface area contributed by atoms with Crippen LogP contribution in [0.1, 0.15) is 27.6 Å². The van der Waals surface area contributed by atoms with Crippen LogP contribution in [0.3, 0.4) is 0 Å². The van der Waals surface area contributed by atoms with Crippen molar-refractivity contribution in [2.75, 3.05) is 20.6 Å². The molecule has 32 heavy (non-hydrogen) atoms. The second kappa shape index (κ2) is 10.2. The molecule has 1 N–H and O–H groups in total. The summed E-state index contributed by atoms with van der Waals surface area (Å²) >= 11 is 6.24. The number of rotatable bonds is 9. The van der Waals surface area contributed by atoms with Gasteiger partial charge in [0.25, 0.3) is 5.69 Å². The van der Waals surface area contributed by atoms with Crippen molar-refractivity contribution in [3.8, 4) is 18.0 Å². The Morgan fingerprint density at radius 1 is 1.22 bits per heavy atom. The second-order valence-corrected chi connectivity index (χ2v) is 7.59. The molecule has 3 rings (SSSR count). The third-order valence-electron chi connectivity index (χ3n) is 4.56. The first-order valence-corrected chi connectivity index (χ1v) is 10.0. The summed E-state index contributed by atoms with van der Waals surface area (Å²) in [5.74, 6) is 3.13. The Morgan fingerprint density at radius 3 is 2.59 bits per heavy atom. The van der Waals surface area contributed by atoms with Crippen LogP contribution in [0.4, 0.5) is 5.69 Å². The number of hydrogen-bond donors (Lipinski definition) is 1. The van der Waals surface area contributed by atoms with Gasteiger partial charge in [-0.2, -0.15) is 0 Å². The molecule has 10 heteroatoms. The zero-order valence-electron chi connectivity index (χ0n) is 17.6. The van der Waals surface area contributed by atoms with E-state index in [1.54, 1.807) is 28.8 Å². The third kappa shape index (κ3) is 5.00. The summed E-state index contributed by atoms with van der Waals surface area (Å²) in [4.78, 5) is 26.2. The quantitative estimate of drug-likeness (QED) is 0.175. The Bertz CT molecular complexity index is 1200. The van der Waals surface area contributed by atoms with Gasteiger partial charge in [-0.25, -0.2) is 0 Å². The Hall–Kier alpha value is -3.58. The number of aromatic nitrogens is 3. The van der Waals surface area contributed by atoms with Crippen LogP contribution in [0, 0.1) is 22.5 Å². The van der Waals surface area contributed by atoms with E-state index in [-0.39, 0.29) is 21.8 Å². The lowest BCUT2D eigenvalue weighted by Crippen LogP contribution is -2.21. The topological polar surface area (TPSA) is 106 Å². The van der Waals surface area contributed by atoms with E-state index in [9.17, 15) is 14.9 Å². The standard InChI is InChI=1S/C22H21ClN6O3/c1-4-11-24-13-20-25-26-21(14-27(2)3)28(20)19-10-9-15(29(31)32)12-17(19)22(30)16-7-5-6-8-18(16)23/h1,5-10,12,24H,11,13-14H2,2-3H3. The SMILES string of the molecule is C#CCNCc1nnc(CN(C)C)n1-c1ccc([N+](=O)[O-])cc1C(=O)c1ccccc1Cl. The molecular formula is C22H21ClN6O3. The van der Waals surface area contributed by atoms with E-state index in [1.165, 1.54) is 18.2 Å². The molecule has 2 aromatic carbocycles. The van der Waals surface area contributed by atoms with Crippen LogP contribution in [-0.4, -0.2) is 51.0 Å². The first kappa shape index (κ1) is 23.1. The van der Waals surface area contributed by atoms with Crippen molar-refractivity contribution >= 4 is 23.1 Å². The van der Waals surface area contributed by atoms with Crippen LogP contribution in [-0.2, 0) is 13.1 Å². The normalized spacial score (nSPS) is 10.8. The maximum absolute atomic E-state index is 13.4. The molecule has 0 saturated carbocycles. The molecular weight excluding hydrogens is 432 g/mol. The van der Waals surface area contributed by atoms with Gasteiger partial charge < -0.3 is 4.90 Å². The fourth-order valence-corrected chi connectivity index (χ4v) is 3.40. The highest BCUT2D eigenvalue weighted by atomic mass is 35.5. The highest BCUT2D eigenvalue weighted by molar-refractivity contribution is 6.35. The molecule has 3 aromatic rings. The lowest BCUT2D eigenvalue weighted by Gasteiger charge is -2.16. The Morgan fingerprint density at radius 2 is 1.94 bits per heavy atom. The minimum Gasteiger partial charge on any atom is -0.302 e. The largest absolute Gasteiger partial charge is 0.302 e. The van der Waals surface area contributed by atoms with Gasteiger partial charge in [0.15, 0.2) is 17.4 Å². The van der Waals surface area contributed by atoms with E-state index < -0.39 is 10.7 Å². The van der Waals surface area contributed by atoms with Gasteiger partial charge in [0.05, 0.1) is 40.8 Å². The van der Waals surface area contributed by atoms with Crippen LogP contribution >= 0.6 is 11.6 Å². The molecule has 1 aromatic heterocycles. The monoisotopic (exact) mass is 452 g/mol. The van der Waals surface area contributed by atoms with Crippen LogP contribution in [0.2, 0.25) is 5.02 Å². The van der Waals surface area contributed by atoms with Crippen molar-refractivity contribution in [1.29, 1.82) is 0 Å². The Kier molecular flexibility index (Phi) is 7.33. The molecule has 0 saturated heterocycles. The first-order valence-electron chi connectivity index (χ1n) is 9.63. The number of nitrogens with one attached hydrogen (secondary N) is 1. The molecule has 0 atom stereocenters. The van der Waals surface area contributed by atoms with Crippen LogP contribution in [0.25, 0.3) is 5.69 Å². The molecule has 0 amide bonds. The van der Waals surface area contributed by atoms with Crippen molar-refractivity contribution < 1.29 is 9.72 Å². The van der Waals surface area contributed by atoms with Crippen molar-refractivity contribution in [1.82, 2.24) is 25.0 Å². The van der Waals surface area contributed by atoms with Gasteiger partial charge in [0.1, 0.15) is 0 Å². The van der Waals surface area contributed by atoms with Gasteiger partial charge in [0, 0.05) is 17.7 Å². The van der Waals surface area contributed by atoms with Crippen molar-refractivity contribution in [3.63, 3.8) is 0 Å². The zero-order valence-corrected chi connectivity index (χ0v) is 18.3. The fourth-order valence-electron chi connectivity index (χ4n) is 3.18. The van der Waals surface area contributed by atoms with Gasteiger partial charge in [-0.1, -0.05) is 29.7 Å². The van der Waals surface area contributed by atoms with E-state index in [1.807, 2.05) is 19.0 Å². The van der Waals surface area contributed by atoms with Crippen LogP contribution in [0.5, 0.6) is 0 Å². The summed E-state index contributed by atoms with van der Waals surface area (Å²) < 4.78 is 1.72. The summed E-state index contributed by atoms with van der Waals surface area (Å²) in [7, 11) is 3.75. The van der Waals surface area contributed by atoms with Crippen LogP contribution in [0.15, 0.2) is 42.5 Å². The number of non-ortho nitro benzene ring substituents is 1. The number of nitrogens with zero attached hydrogens (tertiary/aromatic N) is 5. The minimum absolute atomic E-state index is 0.116. The fraction of sp³-hybridized carbons (Fsp3) is 0.227. The maximum Gasteiger partial charge on any atom is 0.270 e. The summed E-state index contributed by atoms with van der Waals surface area (Å²) in [5, 5.41) is 23.3. The van der Waals surface area contributed by atoms with E-state index in [2.05, 4.69) is 21.4 Å². The average molecular weight is 453 g/mol. The second-order valence-electron chi connectivity index (χ2n) is 7.18. The van der Waals surface area contributed by atoms with Crippen molar-refractivity contribution in [3.05, 3.63) is 80.4 Å². The predicted molar refractivity (Wildman–Crippen MR) is 121 cm³/mol. The van der Waals surface area contributed by atoms with E-state index in [0.717, 1.165) is 0 Å². The van der Waals surface area contributed by atoms with Gasteiger partial charge in [-0.05, 0) is 32.3 Å². The van der Waals surface area contributed by atoms with Gasteiger partial charge in [-0.3, -0.25) is 24.8 Å². The summed E-state index contributed by atoms with van der Waals surface area (Å²) in [6.45, 7) is 1.04. The Labute approximate surface area is 190 Å². The molecule has 1 heterocycles. The van der Waals surface area contributed by atoms with Crippen molar-refractivity contribution in [2.45, 2.75) is 13.1 Å². The molecule has 0 aliphatic heterocycles. The number of carbonyl (C=O) groups excluding carboxylic acids is 1. The first-order chi connectivity index (χ1) is 15.3. The molecule has 0 unspecified atom stereocenters. The molecule has 0 bridgehead atoms. The number of hydrogen-bond acceptors (Lipinski definition) is 7.